The first-order valence-corrected chi connectivity index (χ1v) is 14.5. The molecule has 1 N–H and O–H groups in total. The summed E-state index contributed by atoms with van der Waals surface area (Å²) in [5.74, 6) is 0.0316. The van der Waals surface area contributed by atoms with Crippen molar-refractivity contribution in [1.29, 1.82) is 0 Å². The lowest BCUT2D eigenvalue weighted by molar-refractivity contribution is -0.125. The number of hydrogen-bond donors (Lipinski definition) is 1. The van der Waals surface area contributed by atoms with E-state index in [1.54, 1.807) is 23.6 Å². The molecule has 5 rings (SSSR count). The van der Waals surface area contributed by atoms with Gasteiger partial charge in [0.2, 0.25) is 5.91 Å². The Labute approximate surface area is 251 Å². The van der Waals surface area contributed by atoms with Gasteiger partial charge in [0, 0.05) is 51.6 Å². The van der Waals surface area contributed by atoms with Gasteiger partial charge < -0.3 is 24.3 Å². The molecule has 1 fully saturated rings. The third-order valence-electron chi connectivity index (χ3n) is 7.58. The number of aromatic nitrogens is 3. The maximum Gasteiger partial charge on any atom is 0.409 e. The zero-order chi connectivity index (χ0) is 29.8. The van der Waals surface area contributed by atoms with E-state index in [0.29, 0.717) is 37.8 Å². The van der Waals surface area contributed by atoms with Gasteiger partial charge in [-0.05, 0) is 52.5 Å². The molecule has 1 saturated heterocycles. The van der Waals surface area contributed by atoms with Crippen LogP contribution in [0.3, 0.4) is 0 Å². The predicted molar refractivity (Wildman–Crippen MR) is 161 cm³/mol. The van der Waals surface area contributed by atoms with E-state index in [9.17, 15) is 9.59 Å². The number of rotatable bonds is 8. The number of fused-ring (bicyclic) bond motifs is 2. The minimum absolute atomic E-state index is 0.0747. The largest absolute Gasteiger partial charge is 0.449 e. The molecule has 0 radical (unpaired) electrons. The number of pyridine rings is 1. The highest BCUT2D eigenvalue weighted by atomic mass is 35.5. The average Bonchev–Trinajstić information content (AvgIpc) is 3.34. The second-order valence-electron chi connectivity index (χ2n) is 11.1. The average molecular weight is 593 g/mol. The van der Waals surface area contributed by atoms with Crippen LogP contribution in [-0.4, -0.2) is 82.8 Å². The molecule has 1 aliphatic heterocycles. The van der Waals surface area contributed by atoms with E-state index in [-0.39, 0.29) is 30.6 Å². The molecule has 2 aliphatic rings. The number of hydrogen-bond acceptors (Lipinski definition) is 7. The molecule has 2 amide bonds. The van der Waals surface area contributed by atoms with Crippen molar-refractivity contribution in [3.63, 3.8) is 0 Å². The first-order chi connectivity index (χ1) is 20.3. The van der Waals surface area contributed by atoms with Crippen molar-refractivity contribution in [2.45, 2.75) is 25.9 Å². The molecule has 0 bridgehead atoms. The molecule has 3 heterocycles. The summed E-state index contributed by atoms with van der Waals surface area (Å²) in [5, 5.41) is 3.74. The Morgan fingerprint density at radius 1 is 1.17 bits per heavy atom. The minimum Gasteiger partial charge on any atom is -0.449 e. The summed E-state index contributed by atoms with van der Waals surface area (Å²) in [6.45, 7) is 6.75. The molecule has 0 spiro atoms. The number of nitrogens with one attached hydrogen (secondary N) is 1. The lowest BCUT2D eigenvalue weighted by Crippen LogP contribution is -2.50. The second-order valence-corrected chi connectivity index (χ2v) is 11.5. The number of halogens is 1. The summed E-state index contributed by atoms with van der Waals surface area (Å²) in [6.07, 6.45) is 7.09. The standard InChI is InChI=1S/C31H37ClN6O4/c1-20(2)17-42-31(40)38-12-10-37(11-13-38)30-23-8-7-22(32)15-24(23)25(14-21-6-5-9-34-28(21)30)29(35-27(39)18-41-4)26-16-33-19-36(26)3/h5-9,14-16,19-20,29-30H,10-13,17-18H2,1-4H3,(H,35,39). The highest BCUT2D eigenvalue weighted by Crippen LogP contribution is 2.44. The third-order valence-corrected chi connectivity index (χ3v) is 7.82. The molecule has 2 aromatic heterocycles. The Kier molecular flexibility index (Phi) is 9.25. The third kappa shape index (κ3) is 6.35. The van der Waals surface area contributed by atoms with Crippen LogP contribution in [0.2, 0.25) is 5.02 Å². The Morgan fingerprint density at radius 2 is 1.95 bits per heavy atom. The van der Waals surface area contributed by atoms with Crippen LogP contribution >= 0.6 is 11.6 Å². The van der Waals surface area contributed by atoms with Crippen LogP contribution in [-0.2, 0) is 21.3 Å². The van der Waals surface area contributed by atoms with Crippen LogP contribution in [0.1, 0.15) is 54.0 Å². The maximum atomic E-state index is 12.9. The topological polar surface area (TPSA) is 102 Å². The Balaban J connectivity index is 1.56. The number of methoxy groups -OCH3 is 1. The fraction of sp³-hybridized carbons (Fsp3) is 0.419. The molecule has 1 aromatic carbocycles. The van der Waals surface area contributed by atoms with Crippen LogP contribution in [0.25, 0.3) is 11.6 Å². The highest BCUT2D eigenvalue weighted by molar-refractivity contribution is 6.30. The van der Waals surface area contributed by atoms with E-state index in [0.717, 1.165) is 33.7 Å². The number of carbonyl (C=O) groups is 2. The molecule has 3 aromatic rings. The van der Waals surface area contributed by atoms with Gasteiger partial charge in [0.15, 0.2) is 0 Å². The summed E-state index contributed by atoms with van der Waals surface area (Å²) in [7, 11) is 3.40. The number of piperazine rings is 1. The molecular formula is C31H37ClN6O4. The van der Waals surface area contributed by atoms with Gasteiger partial charge >= 0.3 is 6.09 Å². The Bertz CT molecular complexity index is 1460. The number of nitrogens with zero attached hydrogens (tertiary/aromatic N) is 5. The lowest BCUT2D eigenvalue weighted by atomic mass is 9.89. The zero-order valence-corrected chi connectivity index (χ0v) is 25.2. The van der Waals surface area contributed by atoms with E-state index in [1.807, 2.05) is 55.8 Å². The summed E-state index contributed by atoms with van der Waals surface area (Å²) in [4.78, 5) is 38.9. The number of imidazole rings is 1. The number of carbonyl (C=O) groups excluding carboxylic acids is 2. The molecular weight excluding hydrogens is 556 g/mol. The van der Waals surface area contributed by atoms with Gasteiger partial charge in [0.05, 0.1) is 42.6 Å². The summed E-state index contributed by atoms with van der Waals surface area (Å²) in [5.41, 5.74) is 5.46. The smallest absolute Gasteiger partial charge is 0.409 e. The van der Waals surface area contributed by atoms with Gasteiger partial charge in [0.25, 0.3) is 0 Å². The maximum absolute atomic E-state index is 12.9. The summed E-state index contributed by atoms with van der Waals surface area (Å²) in [6, 6.07) is 9.11. The second kappa shape index (κ2) is 13.1. The lowest BCUT2D eigenvalue weighted by Gasteiger charge is -2.39. The Morgan fingerprint density at radius 3 is 2.64 bits per heavy atom. The van der Waals surface area contributed by atoms with Crippen molar-refractivity contribution >= 4 is 35.3 Å². The van der Waals surface area contributed by atoms with Crippen LogP contribution in [0.15, 0.2) is 49.1 Å². The van der Waals surface area contributed by atoms with Crippen LogP contribution in [0.5, 0.6) is 0 Å². The fourth-order valence-electron chi connectivity index (χ4n) is 5.58. The van der Waals surface area contributed by atoms with Gasteiger partial charge in [0.1, 0.15) is 6.61 Å². The van der Waals surface area contributed by atoms with Gasteiger partial charge in [-0.2, -0.15) is 0 Å². The van der Waals surface area contributed by atoms with Crippen molar-refractivity contribution < 1.29 is 19.1 Å². The van der Waals surface area contributed by atoms with Crippen molar-refractivity contribution in [3.05, 3.63) is 82.2 Å². The van der Waals surface area contributed by atoms with Crippen molar-refractivity contribution in [2.24, 2.45) is 13.0 Å². The van der Waals surface area contributed by atoms with Crippen molar-refractivity contribution in [2.75, 3.05) is 46.5 Å². The monoisotopic (exact) mass is 592 g/mol. The molecule has 2 unspecified atom stereocenters. The normalized spacial score (nSPS) is 17.6. The summed E-state index contributed by atoms with van der Waals surface area (Å²) < 4.78 is 12.5. The Hall–Kier alpha value is -3.73. The van der Waals surface area contributed by atoms with Gasteiger partial charge in [-0.3, -0.25) is 14.7 Å². The van der Waals surface area contributed by atoms with Crippen molar-refractivity contribution in [1.82, 2.24) is 29.7 Å². The minimum atomic E-state index is -0.531. The highest BCUT2D eigenvalue weighted by Gasteiger charge is 2.36. The molecule has 42 heavy (non-hydrogen) atoms. The van der Waals surface area contributed by atoms with E-state index < -0.39 is 6.04 Å². The van der Waals surface area contributed by atoms with Crippen LogP contribution in [0.4, 0.5) is 4.79 Å². The molecule has 11 heteroatoms. The van der Waals surface area contributed by atoms with E-state index >= 15 is 0 Å². The number of amides is 2. The van der Waals surface area contributed by atoms with Crippen LogP contribution in [0, 0.1) is 5.92 Å². The van der Waals surface area contributed by atoms with Crippen LogP contribution < -0.4 is 5.32 Å². The molecule has 222 valence electrons. The summed E-state index contributed by atoms with van der Waals surface area (Å²) >= 11 is 6.62. The number of aryl methyl sites for hydroxylation is 1. The SMILES string of the molecule is COCC(=O)NC(C1=Cc2cccnc2C(N2CCN(C(=O)OCC(C)C)CC2)c2ccc(Cl)cc21)c1cncn1C. The zero-order valence-electron chi connectivity index (χ0n) is 24.4. The van der Waals surface area contributed by atoms with Gasteiger partial charge in [-0.15, -0.1) is 0 Å². The first-order valence-electron chi connectivity index (χ1n) is 14.1. The predicted octanol–water partition coefficient (Wildman–Crippen LogP) is 4.33. The molecule has 10 nitrogen and oxygen atoms in total. The molecule has 0 saturated carbocycles. The fourth-order valence-corrected chi connectivity index (χ4v) is 5.75. The molecule has 1 aliphatic carbocycles. The van der Waals surface area contributed by atoms with Crippen molar-refractivity contribution in [3.8, 4) is 0 Å². The van der Waals surface area contributed by atoms with E-state index in [4.69, 9.17) is 26.1 Å². The number of ether oxygens (including phenoxy) is 2. The van der Waals surface area contributed by atoms with Gasteiger partial charge in [-0.25, -0.2) is 9.78 Å². The van der Waals surface area contributed by atoms with E-state index in [2.05, 4.69) is 21.3 Å². The first kappa shape index (κ1) is 29.8. The number of benzene rings is 1. The molecule has 2 atom stereocenters. The van der Waals surface area contributed by atoms with Gasteiger partial charge in [-0.1, -0.05) is 37.6 Å². The quantitative estimate of drug-likeness (QED) is 0.415. The van der Waals surface area contributed by atoms with E-state index in [1.165, 1.54) is 7.11 Å².